The van der Waals surface area contributed by atoms with Crippen LogP contribution in [-0.4, -0.2) is 16.7 Å². The Labute approximate surface area is 67.9 Å². The third-order valence-corrected chi connectivity index (χ3v) is 1.34. The Morgan fingerprint density at radius 2 is 2.36 bits per heavy atom. The molecule has 1 aromatic rings. The van der Waals surface area contributed by atoms with Crippen molar-refractivity contribution >= 4 is 0 Å². The number of aliphatic hydroxyl groups excluding tert-OH is 1. The smallest absolute Gasteiger partial charge is 0.115 e. The zero-order chi connectivity index (χ0) is 10.1. The predicted molar refractivity (Wildman–Crippen MR) is 42.1 cm³/mol. The molecule has 4 N–H and O–H groups in total. The molecule has 0 aliphatic heterocycles. The molecule has 0 aliphatic rings. The van der Waals surface area contributed by atoms with Crippen LogP contribution < -0.4 is 5.73 Å². The van der Waals surface area contributed by atoms with Crippen molar-refractivity contribution in [2.75, 3.05) is 6.50 Å². The van der Waals surface area contributed by atoms with E-state index in [-0.39, 0.29) is 11.3 Å². The lowest BCUT2D eigenvalue weighted by Crippen LogP contribution is -2.11. The highest BCUT2D eigenvalue weighted by atomic mass is 16.3. The topological polar surface area (TPSA) is 66.5 Å². The number of benzene rings is 1. The van der Waals surface area contributed by atoms with Crippen LogP contribution in [0.25, 0.3) is 0 Å². The molecule has 3 heteroatoms. The molecule has 1 unspecified atom stereocenters. The molecular formula is C8H11NO2. The van der Waals surface area contributed by atoms with Crippen molar-refractivity contribution in [1.82, 2.24) is 0 Å². The largest absolute Gasteiger partial charge is 0.508 e. The van der Waals surface area contributed by atoms with E-state index < -0.39 is 12.6 Å². The first-order chi connectivity index (χ1) is 5.91. The summed E-state index contributed by atoms with van der Waals surface area (Å²) < 4.78 is 14.1. The molecule has 0 heterocycles. The lowest BCUT2D eigenvalue weighted by Gasteiger charge is -2.06. The van der Waals surface area contributed by atoms with Crippen molar-refractivity contribution < 1.29 is 13.0 Å². The van der Waals surface area contributed by atoms with Crippen LogP contribution in [0.4, 0.5) is 0 Å². The van der Waals surface area contributed by atoms with E-state index in [9.17, 15) is 5.11 Å². The van der Waals surface area contributed by atoms with Gasteiger partial charge in [0.05, 0.1) is 6.10 Å². The molecule has 0 saturated carbocycles. The van der Waals surface area contributed by atoms with Crippen molar-refractivity contribution in [3.8, 4) is 5.75 Å². The Kier molecular flexibility index (Phi) is 1.71. The molecule has 1 aromatic carbocycles. The number of phenolic OH excluding ortho intramolecular Hbond substituents is 1. The zero-order valence-corrected chi connectivity index (χ0v) is 5.86. The Bertz CT molecular complexity index is 298. The number of rotatable bonds is 2. The third-order valence-electron chi connectivity index (χ3n) is 1.34. The average molecular weight is 155 g/mol. The van der Waals surface area contributed by atoms with Crippen LogP contribution in [-0.2, 0) is 0 Å². The molecule has 0 fully saturated rings. The lowest BCUT2D eigenvalue weighted by atomic mass is 10.1. The van der Waals surface area contributed by atoms with Crippen LogP contribution in [0.5, 0.6) is 5.75 Å². The molecule has 0 radical (unpaired) electrons. The standard InChI is InChI=1S/C8H11NO2/c9-5-8(11)6-2-1-3-7(10)4-6/h1-4,8,10-11H,5,9H2/i5D2. The van der Waals surface area contributed by atoms with Gasteiger partial charge >= 0.3 is 0 Å². The minimum atomic E-state index is -2.20. The highest BCUT2D eigenvalue weighted by molar-refractivity contribution is 5.28. The summed E-state index contributed by atoms with van der Waals surface area (Å²) in [6.07, 6.45) is -1.43. The van der Waals surface area contributed by atoms with E-state index in [2.05, 4.69) is 0 Å². The summed E-state index contributed by atoms with van der Waals surface area (Å²) >= 11 is 0. The van der Waals surface area contributed by atoms with Crippen molar-refractivity contribution in [1.29, 1.82) is 0 Å². The Hall–Kier alpha value is -1.06. The fourth-order valence-corrected chi connectivity index (χ4v) is 0.791. The van der Waals surface area contributed by atoms with E-state index in [0.717, 1.165) is 0 Å². The quantitative estimate of drug-likeness (QED) is 0.578. The first-order valence-corrected chi connectivity index (χ1v) is 3.17. The summed E-state index contributed by atoms with van der Waals surface area (Å²) in [6, 6.07) is 5.71. The maximum atomic E-state index is 9.37. The van der Waals surface area contributed by atoms with Gasteiger partial charge in [0.1, 0.15) is 5.75 Å². The van der Waals surface area contributed by atoms with E-state index in [1.165, 1.54) is 24.3 Å². The van der Waals surface area contributed by atoms with Gasteiger partial charge in [-0.3, -0.25) is 0 Å². The molecule has 11 heavy (non-hydrogen) atoms. The number of phenols is 1. The summed E-state index contributed by atoms with van der Waals surface area (Å²) in [7, 11) is 0. The van der Waals surface area contributed by atoms with Gasteiger partial charge in [-0.25, -0.2) is 0 Å². The molecule has 3 nitrogen and oxygen atoms in total. The van der Waals surface area contributed by atoms with Gasteiger partial charge in [-0.1, -0.05) is 12.1 Å². The lowest BCUT2D eigenvalue weighted by molar-refractivity contribution is 0.186. The normalized spacial score (nSPS) is 16.9. The van der Waals surface area contributed by atoms with Gasteiger partial charge in [0, 0.05) is 9.24 Å². The maximum Gasteiger partial charge on any atom is 0.115 e. The molecule has 0 aromatic heterocycles. The fraction of sp³-hybridized carbons (Fsp3) is 0.250. The number of aromatic hydroxyl groups is 1. The van der Waals surface area contributed by atoms with Crippen molar-refractivity contribution in [3.05, 3.63) is 29.8 Å². The zero-order valence-electron chi connectivity index (χ0n) is 7.86. The molecule has 1 atom stereocenters. The highest BCUT2D eigenvalue weighted by Gasteiger charge is 2.03. The minimum Gasteiger partial charge on any atom is -0.508 e. The second kappa shape index (κ2) is 3.37. The van der Waals surface area contributed by atoms with E-state index in [1.807, 2.05) is 0 Å². The highest BCUT2D eigenvalue weighted by Crippen LogP contribution is 2.16. The van der Waals surface area contributed by atoms with Crippen molar-refractivity contribution in [2.45, 2.75) is 6.10 Å². The Morgan fingerprint density at radius 1 is 1.64 bits per heavy atom. The molecule has 60 valence electrons. The van der Waals surface area contributed by atoms with Gasteiger partial charge in [0.15, 0.2) is 0 Å². The minimum absolute atomic E-state index is 0.0270. The van der Waals surface area contributed by atoms with Crippen LogP contribution in [0.3, 0.4) is 0 Å². The van der Waals surface area contributed by atoms with Gasteiger partial charge in [-0.15, -0.1) is 0 Å². The van der Waals surface area contributed by atoms with E-state index in [1.54, 1.807) is 0 Å². The predicted octanol–water partition coefficient (Wildman–Crippen LogP) is 0.384. The van der Waals surface area contributed by atoms with Gasteiger partial charge in [0.2, 0.25) is 0 Å². The first-order valence-electron chi connectivity index (χ1n) is 4.17. The van der Waals surface area contributed by atoms with Crippen LogP contribution >= 0.6 is 0 Å². The monoisotopic (exact) mass is 155 g/mol. The molecule has 1 rings (SSSR count). The molecule has 0 aliphatic carbocycles. The molecular weight excluding hydrogens is 142 g/mol. The number of hydrogen-bond acceptors (Lipinski definition) is 3. The van der Waals surface area contributed by atoms with E-state index in [0.29, 0.717) is 0 Å². The van der Waals surface area contributed by atoms with Gasteiger partial charge in [-0.05, 0) is 17.7 Å². The fourth-order valence-electron chi connectivity index (χ4n) is 0.791. The van der Waals surface area contributed by atoms with E-state index in [4.69, 9.17) is 13.6 Å². The van der Waals surface area contributed by atoms with E-state index >= 15 is 0 Å². The van der Waals surface area contributed by atoms with Crippen LogP contribution in [0.2, 0.25) is 0 Å². The third kappa shape index (κ3) is 1.93. The van der Waals surface area contributed by atoms with Crippen LogP contribution in [0, 0.1) is 0 Å². The summed E-state index contributed by atoms with van der Waals surface area (Å²) in [5.41, 5.74) is 5.32. The first kappa shape index (κ1) is 5.57. The Balaban J connectivity index is 2.96. The van der Waals surface area contributed by atoms with Gasteiger partial charge < -0.3 is 15.9 Å². The second-order valence-corrected chi connectivity index (χ2v) is 2.16. The molecule has 0 amide bonds. The van der Waals surface area contributed by atoms with Crippen LogP contribution in [0.1, 0.15) is 14.4 Å². The molecule has 0 saturated heterocycles. The summed E-state index contributed by atoms with van der Waals surface area (Å²) in [5, 5.41) is 18.4. The molecule has 0 spiro atoms. The number of aliphatic hydroxyl groups is 1. The summed E-state index contributed by atoms with van der Waals surface area (Å²) in [4.78, 5) is 0. The number of hydrogen-bond donors (Lipinski definition) is 3. The molecule has 0 bridgehead atoms. The van der Waals surface area contributed by atoms with Gasteiger partial charge in [0.25, 0.3) is 0 Å². The summed E-state index contributed by atoms with van der Waals surface area (Å²) in [5.74, 6) is -0.0270. The maximum absolute atomic E-state index is 9.37. The average Bonchev–Trinajstić information content (AvgIpc) is 2.01. The summed E-state index contributed by atoms with van der Waals surface area (Å²) in [6.45, 7) is -2.20. The second-order valence-electron chi connectivity index (χ2n) is 2.16. The SMILES string of the molecule is [2H]C([2H])(N)C(O)c1cccc(O)c1. The number of nitrogens with two attached hydrogens (primary N) is 1. The Morgan fingerprint density at radius 3 is 2.91 bits per heavy atom. The van der Waals surface area contributed by atoms with Crippen molar-refractivity contribution in [3.63, 3.8) is 0 Å². The van der Waals surface area contributed by atoms with Crippen LogP contribution in [0.15, 0.2) is 24.3 Å². The van der Waals surface area contributed by atoms with Crippen molar-refractivity contribution in [2.24, 2.45) is 5.73 Å². The van der Waals surface area contributed by atoms with Gasteiger partial charge in [-0.2, -0.15) is 0 Å².